The van der Waals surface area contributed by atoms with Gasteiger partial charge in [-0.05, 0) is 37.0 Å². The first kappa shape index (κ1) is 11.2. The Morgan fingerprint density at radius 1 is 1.50 bits per heavy atom. The van der Waals surface area contributed by atoms with Gasteiger partial charge in [-0.3, -0.25) is 0 Å². The maximum absolute atomic E-state index is 13.1. The molecule has 0 bridgehead atoms. The van der Waals surface area contributed by atoms with Gasteiger partial charge in [-0.25, -0.2) is 4.39 Å². The van der Waals surface area contributed by atoms with Crippen LogP contribution in [0.2, 0.25) is 0 Å². The number of hydrogen-bond donors (Lipinski definition) is 0. The van der Waals surface area contributed by atoms with Crippen molar-refractivity contribution in [2.75, 3.05) is 13.7 Å². The first-order valence-electron chi connectivity index (χ1n) is 4.95. The van der Waals surface area contributed by atoms with E-state index in [1.54, 1.807) is 13.2 Å². The largest absolute Gasteiger partial charge is 0.385 e. The summed E-state index contributed by atoms with van der Waals surface area (Å²) < 4.78 is 18.1. The van der Waals surface area contributed by atoms with Gasteiger partial charge in [0.25, 0.3) is 0 Å². The van der Waals surface area contributed by atoms with Crippen LogP contribution in [0, 0.1) is 0 Å². The molecule has 2 heteroatoms. The van der Waals surface area contributed by atoms with Gasteiger partial charge in [-0.15, -0.1) is 0 Å². The lowest BCUT2D eigenvalue weighted by Crippen LogP contribution is -1.91. The number of hydrogen-bond acceptors (Lipinski definition) is 1. The van der Waals surface area contributed by atoms with Crippen molar-refractivity contribution in [3.63, 3.8) is 0 Å². The van der Waals surface area contributed by atoms with E-state index in [9.17, 15) is 4.39 Å². The van der Waals surface area contributed by atoms with E-state index in [1.165, 1.54) is 0 Å². The highest BCUT2D eigenvalue weighted by Gasteiger charge is 2.04. The van der Waals surface area contributed by atoms with Gasteiger partial charge < -0.3 is 4.74 Å². The second-order valence-corrected chi connectivity index (χ2v) is 3.50. The van der Waals surface area contributed by atoms with Gasteiger partial charge in [0.15, 0.2) is 0 Å². The van der Waals surface area contributed by atoms with Crippen LogP contribution < -0.4 is 0 Å². The van der Waals surface area contributed by atoms with Crippen molar-refractivity contribution in [3.05, 3.63) is 35.2 Å². The standard InChI is InChI=1S/C12H17FO/c1-10-5-3-7-12(13)9-11(10)6-4-8-14-2/h3,5,9H,4,6-8H2,1-2H3. The SMILES string of the molecule is COCCCC1=C(C)C=CCC(F)=C1. The molecule has 0 heterocycles. The van der Waals surface area contributed by atoms with Gasteiger partial charge in [0, 0.05) is 20.1 Å². The van der Waals surface area contributed by atoms with Crippen molar-refractivity contribution >= 4 is 0 Å². The maximum atomic E-state index is 13.1. The molecule has 1 rings (SSSR count). The van der Waals surface area contributed by atoms with E-state index in [4.69, 9.17) is 4.74 Å². The monoisotopic (exact) mass is 196 g/mol. The van der Waals surface area contributed by atoms with Crippen LogP contribution in [0.15, 0.2) is 35.2 Å². The minimum absolute atomic E-state index is 0.0504. The molecule has 0 unspecified atom stereocenters. The van der Waals surface area contributed by atoms with Crippen molar-refractivity contribution in [1.29, 1.82) is 0 Å². The summed E-state index contributed by atoms with van der Waals surface area (Å²) in [6, 6.07) is 0. The molecular weight excluding hydrogens is 179 g/mol. The predicted molar refractivity (Wildman–Crippen MR) is 56.8 cm³/mol. The minimum Gasteiger partial charge on any atom is -0.385 e. The molecule has 0 radical (unpaired) electrons. The Labute approximate surface area is 85.0 Å². The molecule has 0 aromatic carbocycles. The van der Waals surface area contributed by atoms with E-state index in [0.29, 0.717) is 6.42 Å². The summed E-state index contributed by atoms with van der Waals surface area (Å²) in [6.45, 7) is 2.75. The molecule has 0 aromatic heterocycles. The van der Waals surface area contributed by atoms with Crippen LogP contribution in [0.4, 0.5) is 4.39 Å². The number of halogens is 1. The van der Waals surface area contributed by atoms with E-state index >= 15 is 0 Å². The summed E-state index contributed by atoms with van der Waals surface area (Å²) >= 11 is 0. The Morgan fingerprint density at radius 3 is 3.00 bits per heavy atom. The third-order valence-corrected chi connectivity index (χ3v) is 2.31. The molecule has 0 N–H and O–H groups in total. The first-order chi connectivity index (χ1) is 6.74. The lowest BCUT2D eigenvalue weighted by Gasteiger charge is -2.04. The summed E-state index contributed by atoms with van der Waals surface area (Å²) in [6.07, 6.45) is 7.77. The molecular formula is C12H17FO. The zero-order chi connectivity index (χ0) is 10.4. The number of ether oxygens (including phenoxy) is 1. The highest BCUT2D eigenvalue weighted by molar-refractivity contribution is 5.36. The summed E-state index contributed by atoms with van der Waals surface area (Å²) in [4.78, 5) is 0. The van der Waals surface area contributed by atoms with Crippen LogP contribution >= 0.6 is 0 Å². The van der Waals surface area contributed by atoms with Gasteiger partial charge in [-0.1, -0.05) is 12.2 Å². The van der Waals surface area contributed by atoms with Gasteiger partial charge in [0.1, 0.15) is 5.83 Å². The number of methoxy groups -OCH3 is 1. The Morgan fingerprint density at radius 2 is 2.29 bits per heavy atom. The van der Waals surface area contributed by atoms with Gasteiger partial charge in [0.2, 0.25) is 0 Å². The fourth-order valence-corrected chi connectivity index (χ4v) is 1.49. The van der Waals surface area contributed by atoms with Gasteiger partial charge >= 0.3 is 0 Å². The van der Waals surface area contributed by atoms with E-state index in [1.807, 2.05) is 19.1 Å². The van der Waals surface area contributed by atoms with Crippen LogP contribution in [-0.4, -0.2) is 13.7 Å². The molecule has 1 aliphatic carbocycles. The molecule has 1 nitrogen and oxygen atoms in total. The topological polar surface area (TPSA) is 9.23 Å². The third-order valence-electron chi connectivity index (χ3n) is 2.31. The van der Waals surface area contributed by atoms with Crippen LogP contribution in [0.5, 0.6) is 0 Å². The van der Waals surface area contributed by atoms with Gasteiger partial charge in [0.05, 0.1) is 0 Å². The second-order valence-electron chi connectivity index (χ2n) is 3.50. The highest BCUT2D eigenvalue weighted by Crippen LogP contribution is 2.21. The average Bonchev–Trinajstić information content (AvgIpc) is 2.30. The summed E-state index contributed by atoms with van der Waals surface area (Å²) in [5.74, 6) is -0.0504. The quantitative estimate of drug-likeness (QED) is 0.625. The van der Waals surface area contributed by atoms with Crippen LogP contribution in [0.25, 0.3) is 0 Å². The predicted octanol–water partition coefficient (Wildman–Crippen LogP) is 3.54. The van der Waals surface area contributed by atoms with Crippen molar-refractivity contribution in [1.82, 2.24) is 0 Å². The van der Waals surface area contributed by atoms with Crippen molar-refractivity contribution in [2.45, 2.75) is 26.2 Å². The molecule has 0 saturated heterocycles. The lowest BCUT2D eigenvalue weighted by atomic mass is 10.0. The summed E-state index contributed by atoms with van der Waals surface area (Å²) in [5, 5.41) is 0. The van der Waals surface area contributed by atoms with E-state index < -0.39 is 0 Å². The molecule has 0 saturated carbocycles. The maximum Gasteiger partial charge on any atom is 0.104 e. The zero-order valence-electron chi connectivity index (χ0n) is 8.85. The second kappa shape index (κ2) is 5.76. The smallest absolute Gasteiger partial charge is 0.104 e. The molecule has 1 aliphatic rings. The minimum atomic E-state index is -0.0504. The van der Waals surface area contributed by atoms with E-state index in [-0.39, 0.29) is 5.83 Å². The Hall–Kier alpha value is -0.890. The fraction of sp³-hybridized carbons (Fsp3) is 0.500. The van der Waals surface area contributed by atoms with Crippen molar-refractivity contribution < 1.29 is 9.13 Å². The molecule has 0 aromatic rings. The molecule has 78 valence electrons. The molecule has 0 aliphatic heterocycles. The Balaban J connectivity index is 2.62. The molecule has 0 spiro atoms. The fourth-order valence-electron chi connectivity index (χ4n) is 1.49. The Kier molecular flexibility index (Phi) is 4.60. The molecule has 0 amide bonds. The molecule has 14 heavy (non-hydrogen) atoms. The number of allylic oxidation sites excluding steroid dienone is 6. The lowest BCUT2D eigenvalue weighted by molar-refractivity contribution is 0.195. The van der Waals surface area contributed by atoms with Crippen LogP contribution in [-0.2, 0) is 4.74 Å². The zero-order valence-corrected chi connectivity index (χ0v) is 8.85. The van der Waals surface area contributed by atoms with E-state index in [2.05, 4.69) is 0 Å². The third kappa shape index (κ3) is 3.46. The average molecular weight is 196 g/mol. The summed E-state index contributed by atoms with van der Waals surface area (Å²) in [7, 11) is 1.69. The van der Waals surface area contributed by atoms with E-state index in [0.717, 1.165) is 30.6 Å². The van der Waals surface area contributed by atoms with Crippen molar-refractivity contribution in [2.24, 2.45) is 0 Å². The normalized spacial score (nSPS) is 16.9. The Bertz CT molecular complexity index is 274. The van der Waals surface area contributed by atoms with Gasteiger partial charge in [-0.2, -0.15) is 0 Å². The van der Waals surface area contributed by atoms with Crippen LogP contribution in [0.3, 0.4) is 0 Å². The summed E-state index contributed by atoms with van der Waals surface area (Å²) in [5.41, 5.74) is 2.25. The number of rotatable bonds is 4. The molecule has 0 fully saturated rings. The van der Waals surface area contributed by atoms with Crippen molar-refractivity contribution in [3.8, 4) is 0 Å². The first-order valence-corrected chi connectivity index (χ1v) is 4.95. The highest BCUT2D eigenvalue weighted by atomic mass is 19.1. The molecule has 0 atom stereocenters. The van der Waals surface area contributed by atoms with Crippen LogP contribution in [0.1, 0.15) is 26.2 Å².